The number of aliphatic hydroxyl groups is 1. The average Bonchev–Trinajstić information content (AvgIpc) is 3.29. The van der Waals surface area contributed by atoms with Crippen LogP contribution in [0.25, 0.3) is 0 Å². The zero-order chi connectivity index (χ0) is 22.2. The first-order valence-corrected chi connectivity index (χ1v) is 14.6. The molecule has 0 saturated heterocycles. The highest BCUT2D eigenvalue weighted by atomic mass is 16.3. The SMILES string of the molecule is CC1CCC(CC[C@@H](C)C(C[C@H](O)CCC2CCCC2)[C@H](C)C2CCCC[C@@H]2C)CC1. The summed E-state index contributed by atoms with van der Waals surface area (Å²) in [6.07, 6.45) is 23.5. The van der Waals surface area contributed by atoms with Gasteiger partial charge in [-0.1, -0.05) is 111 Å². The summed E-state index contributed by atoms with van der Waals surface area (Å²) in [7, 11) is 0. The first kappa shape index (κ1) is 25.6. The minimum absolute atomic E-state index is 0.0649. The zero-order valence-corrected chi connectivity index (χ0v) is 21.7. The van der Waals surface area contributed by atoms with E-state index in [1.807, 2.05) is 0 Å². The Morgan fingerprint density at radius 3 is 1.97 bits per heavy atom. The molecule has 182 valence electrons. The summed E-state index contributed by atoms with van der Waals surface area (Å²) >= 11 is 0. The molecule has 0 aliphatic heterocycles. The molecule has 0 aromatic carbocycles. The van der Waals surface area contributed by atoms with Gasteiger partial charge in [-0.3, -0.25) is 0 Å². The van der Waals surface area contributed by atoms with Crippen LogP contribution >= 0.6 is 0 Å². The van der Waals surface area contributed by atoms with Crippen LogP contribution in [-0.4, -0.2) is 11.2 Å². The maximum Gasteiger partial charge on any atom is 0.0543 e. The summed E-state index contributed by atoms with van der Waals surface area (Å²) in [6, 6.07) is 0. The fourth-order valence-electron chi connectivity index (χ4n) is 7.90. The standard InChI is InChI=1S/C30H56O/c1-22-13-16-27(17-14-22)18-15-24(3)30(25(4)29-12-8-5-9-23(29)2)21-28(31)20-19-26-10-6-7-11-26/h22-31H,5-21H2,1-4H3/t22?,23-,24+,25+,27?,28+,29?,30?/m0/s1. The van der Waals surface area contributed by atoms with Gasteiger partial charge in [0.25, 0.3) is 0 Å². The van der Waals surface area contributed by atoms with Gasteiger partial charge in [-0.05, 0) is 73.0 Å². The van der Waals surface area contributed by atoms with E-state index in [1.165, 1.54) is 96.3 Å². The van der Waals surface area contributed by atoms with Gasteiger partial charge in [-0.15, -0.1) is 0 Å². The van der Waals surface area contributed by atoms with Crippen molar-refractivity contribution >= 4 is 0 Å². The lowest BCUT2D eigenvalue weighted by atomic mass is 9.65. The highest BCUT2D eigenvalue weighted by Crippen LogP contribution is 2.43. The third-order valence-electron chi connectivity index (χ3n) is 10.4. The van der Waals surface area contributed by atoms with Crippen molar-refractivity contribution in [3.05, 3.63) is 0 Å². The molecule has 0 aromatic rings. The Balaban J connectivity index is 1.55. The Labute approximate surface area is 195 Å². The summed E-state index contributed by atoms with van der Waals surface area (Å²) in [4.78, 5) is 0. The maximum atomic E-state index is 11.1. The van der Waals surface area contributed by atoms with Crippen LogP contribution in [0.15, 0.2) is 0 Å². The molecule has 0 radical (unpaired) electrons. The third-order valence-corrected chi connectivity index (χ3v) is 10.4. The van der Waals surface area contributed by atoms with Crippen LogP contribution in [0.1, 0.15) is 137 Å². The second-order valence-electron chi connectivity index (χ2n) is 12.7. The third kappa shape index (κ3) is 8.04. The Bertz CT molecular complexity index is 473. The molecule has 0 aromatic heterocycles. The van der Waals surface area contributed by atoms with E-state index in [0.29, 0.717) is 5.92 Å². The predicted molar refractivity (Wildman–Crippen MR) is 135 cm³/mol. The van der Waals surface area contributed by atoms with Crippen molar-refractivity contribution in [3.63, 3.8) is 0 Å². The molecule has 31 heavy (non-hydrogen) atoms. The van der Waals surface area contributed by atoms with Gasteiger partial charge in [0.15, 0.2) is 0 Å². The fraction of sp³-hybridized carbons (Fsp3) is 1.00. The minimum atomic E-state index is -0.0649. The van der Waals surface area contributed by atoms with E-state index in [1.54, 1.807) is 0 Å². The van der Waals surface area contributed by atoms with E-state index in [9.17, 15) is 5.11 Å². The number of hydrogen-bond donors (Lipinski definition) is 1. The lowest BCUT2D eigenvalue weighted by Crippen LogP contribution is -2.34. The fourth-order valence-corrected chi connectivity index (χ4v) is 7.90. The molecule has 3 aliphatic rings. The second kappa shape index (κ2) is 13.0. The van der Waals surface area contributed by atoms with Crippen LogP contribution in [0.5, 0.6) is 0 Å². The van der Waals surface area contributed by atoms with Gasteiger partial charge in [0, 0.05) is 0 Å². The number of rotatable bonds is 11. The summed E-state index contributed by atoms with van der Waals surface area (Å²) in [5.41, 5.74) is 0. The van der Waals surface area contributed by atoms with Crippen molar-refractivity contribution < 1.29 is 5.11 Å². The molecule has 3 fully saturated rings. The molecule has 0 spiro atoms. The van der Waals surface area contributed by atoms with E-state index in [2.05, 4.69) is 27.7 Å². The molecule has 0 amide bonds. The normalized spacial score (nSPS) is 34.4. The Kier molecular flexibility index (Phi) is 10.7. The van der Waals surface area contributed by atoms with Gasteiger partial charge in [0.2, 0.25) is 0 Å². The largest absolute Gasteiger partial charge is 0.393 e. The summed E-state index contributed by atoms with van der Waals surface area (Å²) in [5, 5.41) is 11.1. The van der Waals surface area contributed by atoms with Gasteiger partial charge >= 0.3 is 0 Å². The van der Waals surface area contributed by atoms with Crippen molar-refractivity contribution in [2.24, 2.45) is 47.3 Å². The summed E-state index contributed by atoms with van der Waals surface area (Å²) < 4.78 is 0. The topological polar surface area (TPSA) is 20.2 Å². The van der Waals surface area contributed by atoms with E-state index in [-0.39, 0.29) is 6.10 Å². The second-order valence-corrected chi connectivity index (χ2v) is 12.7. The molecule has 1 N–H and O–H groups in total. The van der Waals surface area contributed by atoms with Crippen molar-refractivity contribution in [2.45, 2.75) is 143 Å². The first-order chi connectivity index (χ1) is 14.9. The molecule has 3 aliphatic carbocycles. The lowest BCUT2D eigenvalue weighted by molar-refractivity contribution is 0.0485. The van der Waals surface area contributed by atoms with Crippen molar-refractivity contribution in [1.82, 2.24) is 0 Å². The van der Waals surface area contributed by atoms with Gasteiger partial charge < -0.3 is 5.11 Å². The first-order valence-electron chi connectivity index (χ1n) is 14.6. The van der Waals surface area contributed by atoms with E-state index < -0.39 is 0 Å². The van der Waals surface area contributed by atoms with Gasteiger partial charge in [0.05, 0.1) is 6.10 Å². The van der Waals surface area contributed by atoms with E-state index >= 15 is 0 Å². The Hall–Kier alpha value is -0.0400. The molecule has 2 unspecified atom stereocenters. The van der Waals surface area contributed by atoms with Crippen molar-refractivity contribution in [2.75, 3.05) is 0 Å². The molecule has 6 atom stereocenters. The highest BCUT2D eigenvalue weighted by molar-refractivity contribution is 4.85. The van der Waals surface area contributed by atoms with E-state index in [4.69, 9.17) is 0 Å². The van der Waals surface area contributed by atoms with Gasteiger partial charge in [-0.2, -0.15) is 0 Å². The highest BCUT2D eigenvalue weighted by Gasteiger charge is 2.35. The van der Waals surface area contributed by atoms with Crippen LogP contribution in [0.3, 0.4) is 0 Å². The molecule has 3 saturated carbocycles. The Morgan fingerprint density at radius 2 is 1.29 bits per heavy atom. The predicted octanol–water partition coefficient (Wildman–Crippen LogP) is 9.03. The minimum Gasteiger partial charge on any atom is -0.393 e. The molecular formula is C30H56O. The summed E-state index contributed by atoms with van der Waals surface area (Å²) in [6.45, 7) is 10.1. The van der Waals surface area contributed by atoms with Crippen LogP contribution < -0.4 is 0 Å². The van der Waals surface area contributed by atoms with Crippen LogP contribution in [0, 0.1) is 47.3 Å². The zero-order valence-electron chi connectivity index (χ0n) is 21.7. The molecule has 0 heterocycles. The van der Waals surface area contributed by atoms with Crippen LogP contribution in [0.2, 0.25) is 0 Å². The maximum absolute atomic E-state index is 11.1. The number of hydrogen-bond acceptors (Lipinski definition) is 1. The lowest BCUT2D eigenvalue weighted by Gasteiger charge is -2.41. The van der Waals surface area contributed by atoms with E-state index in [0.717, 1.165) is 54.3 Å². The Morgan fingerprint density at radius 1 is 0.710 bits per heavy atom. The molecule has 1 heteroatoms. The van der Waals surface area contributed by atoms with Gasteiger partial charge in [0.1, 0.15) is 0 Å². The van der Waals surface area contributed by atoms with Crippen molar-refractivity contribution in [1.29, 1.82) is 0 Å². The molecule has 0 bridgehead atoms. The summed E-state index contributed by atoms with van der Waals surface area (Å²) in [5.74, 6) is 6.89. The smallest absolute Gasteiger partial charge is 0.0543 e. The molecular weight excluding hydrogens is 376 g/mol. The van der Waals surface area contributed by atoms with Crippen LogP contribution in [-0.2, 0) is 0 Å². The van der Waals surface area contributed by atoms with Gasteiger partial charge in [-0.25, -0.2) is 0 Å². The quantitative estimate of drug-likeness (QED) is 0.345. The van der Waals surface area contributed by atoms with Crippen molar-refractivity contribution in [3.8, 4) is 0 Å². The average molecular weight is 433 g/mol. The number of aliphatic hydroxyl groups excluding tert-OH is 1. The van der Waals surface area contributed by atoms with Crippen LogP contribution in [0.4, 0.5) is 0 Å². The molecule has 1 nitrogen and oxygen atoms in total. The molecule has 3 rings (SSSR count). The monoisotopic (exact) mass is 432 g/mol.